The highest BCUT2D eigenvalue weighted by molar-refractivity contribution is 14.1. The Bertz CT molecular complexity index is 783. The molecule has 0 amide bonds. The van der Waals surface area contributed by atoms with Crippen molar-refractivity contribution in [1.29, 1.82) is 0 Å². The summed E-state index contributed by atoms with van der Waals surface area (Å²) in [5, 5.41) is 0. The number of halogens is 1. The van der Waals surface area contributed by atoms with E-state index in [1.807, 2.05) is 0 Å². The summed E-state index contributed by atoms with van der Waals surface area (Å²) < 4.78 is 34.3. The van der Waals surface area contributed by atoms with Crippen molar-refractivity contribution in [1.82, 2.24) is 0 Å². The van der Waals surface area contributed by atoms with E-state index in [0.717, 1.165) is 19.3 Å². The number of hydrogen-bond acceptors (Lipinski definition) is 9. The van der Waals surface area contributed by atoms with E-state index >= 15 is 0 Å². The monoisotopic (exact) mass is 578 g/mol. The van der Waals surface area contributed by atoms with Gasteiger partial charge in [0.25, 0.3) is 0 Å². The van der Waals surface area contributed by atoms with Gasteiger partial charge in [-0.1, -0.05) is 42.4 Å². The SMILES string of the molecule is CCCCCOc1ccc(O[C@@H]2O[C@H](CI)[C@H](OC(C)=O)[C@H](OC(C)=O)[C@H]2OC(C)=O)cc1. The van der Waals surface area contributed by atoms with Gasteiger partial charge in [0.1, 0.15) is 17.6 Å². The molecule has 2 rings (SSSR count). The van der Waals surface area contributed by atoms with Crippen molar-refractivity contribution in [3.05, 3.63) is 24.3 Å². The van der Waals surface area contributed by atoms with Crippen molar-refractivity contribution < 1.29 is 42.8 Å². The molecule has 1 heterocycles. The molecule has 0 spiro atoms. The van der Waals surface area contributed by atoms with Gasteiger partial charge in [0, 0.05) is 25.2 Å². The largest absolute Gasteiger partial charge is 0.494 e. The molecule has 10 heteroatoms. The fraction of sp³-hybridized carbons (Fsp3) is 0.609. The smallest absolute Gasteiger partial charge is 0.303 e. The third-order valence-corrected chi connectivity index (χ3v) is 5.61. The summed E-state index contributed by atoms with van der Waals surface area (Å²) in [5.41, 5.74) is 0. The molecule has 0 unspecified atom stereocenters. The number of esters is 3. The number of benzene rings is 1. The van der Waals surface area contributed by atoms with Gasteiger partial charge in [-0.15, -0.1) is 0 Å². The average Bonchev–Trinajstić information content (AvgIpc) is 2.75. The lowest BCUT2D eigenvalue weighted by Crippen LogP contribution is -2.63. The molecule has 0 saturated carbocycles. The first-order valence-electron chi connectivity index (χ1n) is 10.9. The summed E-state index contributed by atoms with van der Waals surface area (Å²) in [6.07, 6.45) is -1.77. The highest BCUT2D eigenvalue weighted by Crippen LogP contribution is 2.31. The van der Waals surface area contributed by atoms with E-state index < -0.39 is 48.6 Å². The molecule has 1 aromatic carbocycles. The molecule has 1 fully saturated rings. The quantitative estimate of drug-likeness (QED) is 0.128. The van der Waals surface area contributed by atoms with E-state index in [2.05, 4.69) is 29.5 Å². The van der Waals surface area contributed by atoms with Gasteiger partial charge >= 0.3 is 17.9 Å². The first-order valence-corrected chi connectivity index (χ1v) is 12.4. The molecule has 0 bridgehead atoms. The molecule has 0 N–H and O–H groups in total. The summed E-state index contributed by atoms with van der Waals surface area (Å²) in [7, 11) is 0. The van der Waals surface area contributed by atoms with Gasteiger partial charge in [-0.25, -0.2) is 0 Å². The second kappa shape index (κ2) is 13.6. The Labute approximate surface area is 207 Å². The molecule has 1 aliphatic rings. The van der Waals surface area contributed by atoms with Crippen LogP contribution in [0.25, 0.3) is 0 Å². The molecule has 0 radical (unpaired) electrons. The molecule has 1 saturated heterocycles. The minimum atomic E-state index is -1.15. The van der Waals surface area contributed by atoms with E-state index in [1.165, 1.54) is 20.8 Å². The normalized spacial score (nSPS) is 24.5. The van der Waals surface area contributed by atoms with Gasteiger partial charge in [-0.05, 0) is 30.7 Å². The minimum Gasteiger partial charge on any atom is -0.494 e. The summed E-state index contributed by atoms with van der Waals surface area (Å²) in [4.78, 5) is 35.3. The van der Waals surface area contributed by atoms with Crippen molar-refractivity contribution in [3.63, 3.8) is 0 Å². The van der Waals surface area contributed by atoms with Crippen LogP contribution in [0.4, 0.5) is 0 Å². The van der Waals surface area contributed by atoms with Crippen molar-refractivity contribution in [3.8, 4) is 11.5 Å². The van der Waals surface area contributed by atoms with Crippen LogP contribution in [0.3, 0.4) is 0 Å². The molecule has 184 valence electrons. The molecule has 1 aromatic rings. The second-order valence-electron chi connectivity index (χ2n) is 7.56. The topological polar surface area (TPSA) is 107 Å². The molecular weight excluding hydrogens is 547 g/mol. The Balaban J connectivity index is 2.22. The maximum Gasteiger partial charge on any atom is 0.303 e. The van der Waals surface area contributed by atoms with Crippen molar-refractivity contribution >= 4 is 40.5 Å². The summed E-state index contributed by atoms with van der Waals surface area (Å²) in [6.45, 7) is 6.44. The van der Waals surface area contributed by atoms with Crippen LogP contribution in [0, 0.1) is 0 Å². The van der Waals surface area contributed by atoms with E-state index in [9.17, 15) is 14.4 Å². The van der Waals surface area contributed by atoms with Crippen LogP contribution in [0.5, 0.6) is 11.5 Å². The third kappa shape index (κ3) is 8.65. The van der Waals surface area contributed by atoms with E-state index in [4.69, 9.17) is 28.4 Å². The molecule has 33 heavy (non-hydrogen) atoms. The number of carbonyl (C=O) groups is 3. The predicted octanol–water partition coefficient (Wildman–Crippen LogP) is 3.59. The lowest BCUT2D eigenvalue weighted by Gasteiger charge is -2.43. The van der Waals surface area contributed by atoms with Crippen LogP contribution in [0.2, 0.25) is 0 Å². The van der Waals surface area contributed by atoms with Crippen LogP contribution in [-0.4, -0.2) is 59.6 Å². The fourth-order valence-corrected chi connectivity index (χ4v) is 4.07. The molecule has 9 nitrogen and oxygen atoms in total. The highest BCUT2D eigenvalue weighted by Gasteiger charge is 2.52. The number of hydrogen-bond donors (Lipinski definition) is 0. The number of carbonyl (C=O) groups excluding carboxylic acids is 3. The number of alkyl halides is 1. The van der Waals surface area contributed by atoms with E-state index in [1.54, 1.807) is 24.3 Å². The lowest BCUT2D eigenvalue weighted by molar-refractivity contribution is -0.279. The Morgan fingerprint density at radius 1 is 0.848 bits per heavy atom. The van der Waals surface area contributed by atoms with Crippen molar-refractivity contribution in [2.24, 2.45) is 0 Å². The maximum absolute atomic E-state index is 11.8. The third-order valence-electron chi connectivity index (χ3n) is 4.74. The van der Waals surface area contributed by atoms with Gasteiger partial charge in [-0.3, -0.25) is 14.4 Å². The Morgan fingerprint density at radius 3 is 1.94 bits per heavy atom. The number of ether oxygens (including phenoxy) is 6. The zero-order valence-corrected chi connectivity index (χ0v) is 21.4. The van der Waals surface area contributed by atoms with Crippen molar-refractivity contribution in [2.75, 3.05) is 11.0 Å². The Hall–Kier alpha value is -2.08. The first kappa shape index (κ1) is 27.2. The van der Waals surface area contributed by atoms with Crippen LogP contribution in [0.15, 0.2) is 24.3 Å². The van der Waals surface area contributed by atoms with Gasteiger partial charge < -0.3 is 28.4 Å². The molecule has 5 atom stereocenters. The zero-order chi connectivity index (χ0) is 24.4. The Morgan fingerprint density at radius 2 is 1.39 bits per heavy atom. The van der Waals surface area contributed by atoms with Gasteiger partial charge in [0.2, 0.25) is 12.4 Å². The molecular formula is C23H31IO9. The van der Waals surface area contributed by atoms with Crippen LogP contribution < -0.4 is 9.47 Å². The van der Waals surface area contributed by atoms with Crippen LogP contribution >= 0.6 is 22.6 Å². The lowest BCUT2D eigenvalue weighted by atomic mass is 9.99. The number of rotatable bonds is 11. The summed E-state index contributed by atoms with van der Waals surface area (Å²) in [6, 6.07) is 6.96. The zero-order valence-electron chi connectivity index (χ0n) is 19.3. The van der Waals surface area contributed by atoms with E-state index in [0.29, 0.717) is 22.5 Å². The average molecular weight is 578 g/mol. The summed E-state index contributed by atoms with van der Waals surface area (Å²) in [5.74, 6) is -0.673. The van der Waals surface area contributed by atoms with Crippen LogP contribution in [0.1, 0.15) is 47.0 Å². The van der Waals surface area contributed by atoms with Crippen LogP contribution in [-0.2, 0) is 33.3 Å². The fourth-order valence-electron chi connectivity index (χ4n) is 3.36. The van der Waals surface area contributed by atoms with Gasteiger partial charge in [0.15, 0.2) is 12.2 Å². The second-order valence-corrected chi connectivity index (χ2v) is 8.44. The first-order chi connectivity index (χ1) is 15.7. The highest BCUT2D eigenvalue weighted by atomic mass is 127. The van der Waals surface area contributed by atoms with Gasteiger partial charge in [-0.2, -0.15) is 0 Å². The van der Waals surface area contributed by atoms with Gasteiger partial charge in [0.05, 0.1) is 6.61 Å². The minimum absolute atomic E-state index is 0.407. The molecule has 0 aliphatic carbocycles. The molecule has 0 aromatic heterocycles. The number of unbranched alkanes of at least 4 members (excludes halogenated alkanes) is 2. The maximum atomic E-state index is 11.8. The summed E-state index contributed by atoms with van der Waals surface area (Å²) >= 11 is 2.07. The predicted molar refractivity (Wildman–Crippen MR) is 126 cm³/mol. The van der Waals surface area contributed by atoms with E-state index in [-0.39, 0.29) is 0 Å². The van der Waals surface area contributed by atoms with Crippen molar-refractivity contribution in [2.45, 2.75) is 77.7 Å². The molecule has 1 aliphatic heterocycles. The standard InChI is InChI=1S/C23H31IO9/c1-5-6-7-12-28-17-8-10-18(11-9-17)32-23-22(31-16(4)27)21(30-15(3)26)20(29-14(2)25)19(13-24)33-23/h8-11,19-23H,5-7,12-13H2,1-4H3/t19-,20+,21+,22-,23-/m1/s1. The Kier molecular flexibility index (Phi) is 11.2.